The van der Waals surface area contributed by atoms with Crippen molar-refractivity contribution in [3.05, 3.63) is 94.7 Å². The van der Waals surface area contributed by atoms with Gasteiger partial charge in [0.25, 0.3) is 0 Å². The molecule has 0 spiro atoms. The minimum atomic E-state index is 0.0928. The highest BCUT2D eigenvalue weighted by Crippen LogP contribution is 2.35. The van der Waals surface area contributed by atoms with Crippen LogP contribution in [0.4, 0.5) is 0 Å². The average Bonchev–Trinajstić information content (AvgIpc) is 3.32. The quantitative estimate of drug-likeness (QED) is 0.392. The first kappa shape index (κ1) is 15.1. The van der Waals surface area contributed by atoms with E-state index >= 15 is 0 Å². The van der Waals surface area contributed by atoms with Crippen LogP contribution in [0.3, 0.4) is 0 Å². The first-order chi connectivity index (χ1) is 11.8. The second-order valence-corrected chi connectivity index (χ2v) is 7.22. The second kappa shape index (κ2) is 6.56. The fourth-order valence-corrected chi connectivity index (χ4v) is 4.55. The number of carbonyl (C=O) groups excluding carboxylic acids is 1. The Morgan fingerprint density at radius 1 is 0.583 bits per heavy atom. The molecule has 4 aromatic rings. The molecule has 0 aliphatic carbocycles. The van der Waals surface area contributed by atoms with Crippen LogP contribution in [-0.2, 0) is 0 Å². The highest BCUT2D eigenvalue weighted by atomic mass is 32.1. The molecule has 0 radical (unpaired) electrons. The van der Waals surface area contributed by atoms with Crippen LogP contribution in [-0.4, -0.2) is 5.78 Å². The zero-order chi connectivity index (χ0) is 16.4. The third kappa shape index (κ3) is 2.73. The van der Waals surface area contributed by atoms with Crippen LogP contribution in [0.25, 0.3) is 20.9 Å². The maximum absolute atomic E-state index is 13.2. The van der Waals surface area contributed by atoms with Gasteiger partial charge in [0.2, 0.25) is 0 Å². The highest BCUT2D eigenvalue weighted by Gasteiger charge is 2.20. The molecular weight excluding hydrogens is 332 g/mol. The molecule has 0 amide bonds. The summed E-state index contributed by atoms with van der Waals surface area (Å²) in [5, 5.41) is 3.98. The molecule has 0 unspecified atom stereocenters. The molecule has 0 aliphatic heterocycles. The van der Waals surface area contributed by atoms with Crippen molar-refractivity contribution >= 4 is 28.5 Å². The molecule has 3 heteroatoms. The number of thiophene rings is 2. The van der Waals surface area contributed by atoms with Crippen LogP contribution in [0.1, 0.15) is 15.9 Å². The van der Waals surface area contributed by atoms with Gasteiger partial charge in [0.1, 0.15) is 0 Å². The highest BCUT2D eigenvalue weighted by molar-refractivity contribution is 7.14. The Balaban J connectivity index is 1.78. The molecule has 0 bridgehead atoms. The van der Waals surface area contributed by atoms with Crippen molar-refractivity contribution in [1.29, 1.82) is 0 Å². The molecule has 0 fully saturated rings. The van der Waals surface area contributed by atoms with E-state index in [1.165, 1.54) is 0 Å². The van der Waals surface area contributed by atoms with Crippen LogP contribution in [0.15, 0.2) is 83.6 Å². The summed E-state index contributed by atoms with van der Waals surface area (Å²) in [6, 6.07) is 24.1. The molecule has 2 aromatic carbocycles. The molecule has 24 heavy (non-hydrogen) atoms. The SMILES string of the molecule is O=C(c1ccsc1-c1ccccc1)c1ccsc1-c1ccccc1. The summed E-state index contributed by atoms with van der Waals surface area (Å²) in [5.74, 6) is 0.0928. The maximum Gasteiger partial charge on any atom is 0.195 e. The van der Waals surface area contributed by atoms with Crippen molar-refractivity contribution in [2.45, 2.75) is 0 Å². The smallest absolute Gasteiger partial charge is 0.195 e. The fourth-order valence-electron chi connectivity index (χ4n) is 2.75. The lowest BCUT2D eigenvalue weighted by molar-refractivity contribution is 0.104. The zero-order valence-corrected chi connectivity index (χ0v) is 14.4. The number of rotatable bonds is 4. The molecule has 1 nitrogen and oxygen atoms in total. The summed E-state index contributed by atoms with van der Waals surface area (Å²) in [5.41, 5.74) is 3.74. The van der Waals surface area contributed by atoms with Gasteiger partial charge in [-0.05, 0) is 34.0 Å². The Bertz CT molecular complexity index is 886. The minimum Gasteiger partial charge on any atom is -0.289 e. The number of ketones is 1. The molecule has 2 heterocycles. The van der Waals surface area contributed by atoms with E-state index in [0.717, 1.165) is 32.0 Å². The Kier molecular flexibility index (Phi) is 4.11. The van der Waals surface area contributed by atoms with E-state index in [1.54, 1.807) is 22.7 Å². The number of hydrogen-bond acceptors (Lipinski definition) is 3. The third-order valence-corrected chi connectivity index (χ3v) is 5.82. The monoisotopic (exact) mass is 346 g/mol. The summed E-state index contributed by atoms with van der Waals surface area (Å²) in [4.78, 5) is 15.2. The van der Waals surface area contributed by atoms with Gasteiger partial charge in [0, 0.05) is 20.9 Å². The first-order valence-corrected chi connectivity index (χ1v) is 9.41. The Morgan fingerprint density at radius 3 is 1.42 bits per heavy atom. The largest absolute Gasteiger partial charge is 0.289 e. The van der Waals surface area contributed by atoms with Gasteiger partial charge in [-0.2, -0.15) is 0 Å². The number of hydrogen-bond donors (Lipinski definition) is 0. The van der Waals surface area contributed by atoms with Crippen molar-refractivity contribution in [2.24, 2.45) is 0 Å². The van der Waals surface area contributed by atoms with E-state index in [-0.39, 0.29) is 5.78 Å². The van der Waals surface area contributed by atoms with Gasteiger partial charge in [0.05, 0.1) is 0 Å². The van der Waals surface area contributed by atoms with Gasteiger partial charge in [-0.25, -0.2) is 0 Å². The van der Waals surface area contributed by atoms with Crippen molar-refractivity contribution in [2.75, 3.05) is 0 Å². The molecule has 116 valence electrons. The second-order valence-electron chi connectivity index (χ2n) is 5.39. The molecule has 0 saturated heterocycles. The fraction of sp³-hybridized carbons (Fsp3) is 0. The van der Waals surface area contributed by atoms with Gasteiger partial charge in [-0.15, -0.1) is 22.7 Å². The lowest BCUT2D eigenvalue weighted by Crippen LogP contribution is -2.01. The van der Waals surface area contributed by atoms with E-state index in [0.29, 0.717) is 0 Å². The topological polar surface area (TPSA) is 17.1 Å². The van der Waals surface area contributed by atoms with E-state index in [2.05, 4.69) is 0 Å². The molecule has 0 atom stereocenters. The molecule has 4 rings (SSSR count). The normalized spacial score (nSPS) is 10.7. The van der Waals surface area contributed by atoms with E-state index in [9.17, 15) is 4.79 Å². The number of carbonyl (C=O) groups is 1. The van der Waals surface area contributed by atoms with Crippen LogP contribution < -0.4 is 0 Å². The van der Waals surface area contributed by atoms with Gasteiger partial charge in [-0.3, -0.25) is 4.79 Å². The third-order valence-electron chi connectivity index (χ3n) is 3.89. The molecule has 0 saturated carbocycles. The summed E-state index contributed by atoms with van der Waals surface area (Å²) in [6.07, 6.45) is 0. The van der Waals surface area contributed by atoms with E-state index in [4.69, 9.17) is 0 Å². The lowest BCUT2D eigenvalue weighted by Gasteiger charge is -2.05. The maximum atomic E-state index is 13.2. The predicted octanol–water partition coefficient (Wildman–Crippen LogP) is 6.37. The van der Waals surface area contributed by atoms with Crippen molar-refractivity contribution in [1.82, 2.24) is 0 Å². The molecule has 0 aliphatic rings. The molecular formula is C21H14OS2. The van der Waals surface area contributed by atoms with Crippen molar-refractivity contribution in [3.63, 3.8) is 0 Å². The van der Waals surface area contributed by atoms with Crippen LogP contribution in [0.2, 0.25) is 0 Å². The lowest BCUT2D eigenvalue weighted by atomic mass is 9.99. The minimum absolute atomic E-state index is 0.0928. The summed E-state index contributed by atoms with van der Waals surface area (Å²) < 4.78 is 0. The number of benzene rings is 2. The van der Waals surface area contributed by atoms with Crippen LogP contribution in [0.5, 0.6) is 0 Å². The van der Waals surface area contributed by atoms with Crippen LogP contribution >= 0.6 is 22.7 Å². The van der Waals surface area contributed by atoms with E-state index in [1.807, 2.05) is 83.6 Å². The van der Waals surface area contributed by atoms with Crippen LogP contribution in [0, 0.1) is 0 Å². The summed E-state index contributed by atoms with van der Waals surface area (Å²) in [7, 11) is 0. The van der Waals surface area contributed by atoms with E-state index < -0.39 is 0 Å². The van der Waals surface area contributed by atoms with Crippen molar-refractivity contribution < 1.29 is 4.79 Å². The average molecular weight is 346 g/mol. The Morgan fingerprint density at radius 2 is 1.00 bits per heavy atom. The summed E-state index contributed by atoms with van der Waals surface area (Å²) >= 11 is 3.22. The van der Waals surface area contributed by atoms with Gasteiger partial charge in [0.15, 0.2) is 5.78 Å². The molecule has 0 N–H and O–H groups in total. The summed E-state index contributed by atoms with van der Waals surface area (Å²) in [6.45, 7) is 0. The van der Waals surface area contributed by atoms with Gasteiger partial charge >= 0.3 is 0 Å². The first-order valence-electron chi connectivity index (χ1n) is 7.65. The predicted molar refractivity (Wildman–Crippen MR) is 103 cm³/mol. The Labute approximate surface area is 148 Å². The van der Waals surface area contributed by atoms with Gasteiger partial charge < -0.3 is 0 Å². The van der Waals surface area contributed by atoms with Gasteiger partial charge in [-0.1, -0.05) is 60.7 Å². The Hall–Kier alpha value is -2.49. The van der Waals surface area contributed by atoms with Crippen molar-refractivity contribution in [3.8, 4) is 20.9 Å². The standard InChI is InChI=1S/C21H14OS2/c22-19(17-11-13-23-20(17)15-7-3-1-4-8-15)18-12-14-24-21(18)16-9-5-2-6-10-16/h1-14H. The molecule has 2 aromatic heterocycles. The zero-order valence-electron chi connectivity index (χ0n) is 12.8.